The van der Waals surface area contributed by atoms with Gasteiger partial charge in [-0.05, 0) is 34.7 Å². The molecule has 0 radical (unpaired) electrons. The van der Waals surface area contributed by atoms with Crippen LogP contribution >= 0.6 is 0 Å². The Kier molecular flexibility index (Phi) is 5.62. The molecule has 0 atom stereocenters. The molecule has 0 aromatic carbocycles. The van der Waals surface area contributed by atoms with Gasteiger partial charge in [-0.3, -0.25) is 0 Å². The van der Waals surface area contributed by atoms with Gasteiger partial charge in [0.25, 0.3) is 0 Å². The molecule has 0 aromatic rings. The summed E-state index contributed by atoms with van der Waals surface area (Å²) in [5.41, 5.74) is -0.640. The Morgan fingerprint density at radius 1 is 1.30 bits per heavy atom. The molecule has 114 valence electrons. The van der Waals surface area contributed by atoms with Crippen molar-refractivity contribution in [1.29, 1.82) is 0 Å². The lowest BCUT2D eigenvalue weighted by Gasteiger charge is -2.32. The minimum Gasteiger partial charge on any atom is -0.465 e. The minimum absolute atomic E-state index is 0.320. The number of carbonyl (C=O) groups is 1. The minimum atomic E-state index is -0.994. The maximum absolute atomic E-state index is 10.3. The molecule has 0 unspecified atom stereocenters. The summed E-state index contributed by atoms with van der Waals surface area (Å²) in [6.45, 7) is 9.85. The van der Waals surface area contributed by atoms with Crippen LogP contribution in [-0.4, -0.2) is 61.1 Å². The van der Waals surface area contributed by atoms with Crippen LogP contribution in [0.2, 0.25) is 0 Å². The second-order valence-electron chi connectivity index (χ2n) is 6.05. The van der Waals surface area contributed by atoms with Crippen molar-refractivity contribution in [2.45, 2.75) is 38.9 Å². The number of nitrogens with zero attached hydrogens (tertiary/aromatic N) is 1. The SMILES string of the molecule is CN(C/C=C/B1OC(C)(C)C(C)(C)O1)CCNC(=O)O. The second kappa shape index (κ2) is 6.60. The fourth-order valence-corrected chi connectivity index (χ4v) is 1.76. The number of carboxylic acid groups (broad SMARTS) is 1. The van der Waals surface area contributed by atoms with E-state index in [9.17, 15) is 4.79 Å². The van der Waals surface area contributed by atoms with Gasteiger partial charge in [0.15, 0.2) is 0 Å². The third kappa shape index (κ3) is 4.81. The van der Waals surface area contributed by atoms with Gasteiger partial charge < -0.3 is 24.6 Å². The van der Waals surface area contributed by atoms with Crippen LogP contribution in [0, 0.1) is 0 Å². The molecule has 1 amide bonds. The lowest BCUT2D eigenvalue weighted by atomic mass is 9.90. The van der Waals surface area contributed by atoms with E-state index in [0.717, 1.165) is 0 Å². The van der Waals surface area contributed by atoms with Crippen molar-refractivity contribution in [1.82, 2.24) is 10.2 Å². The zero-order chi connectivity index (χ0) is 15.4. The number of amides is 1. The molecule has 0 spiro atoms. The van der Waals surface area contributed by atoms with Crippen LogP contribution in [0.3, 0.4) is 0 Å². The van der Waals surface area contributed by atoms with Crippen molar-refractivity contribution in [3.8, 4) is 0 Å². The molecule has 1 fully saturated rings. The zero-order valence-corrected chi connectivity index (χ0v) is 13.0. The van der Waals surface area contributed by atoms with Crippen molar-refractivity contribution < 1.29 is 19.2 Å². The van der Waals surface area contributed by atoms with E-state index < -0.39 is 6.09 Å². The van der Waals surface area contributed by atoms with E-state index in [-0.39, 0.29) is 18.3 Å². The quantitative estimate of drug-likeness (QED) is 0.721. The van der Waals surface area contributed by atoms with Crippen molar-refractivity contribution in [2.24, 2.45) is 0 Å². The average molecular weight is 284 g/mol. The predicted octanol–water partition coefficient (Wildman–Crippen LogP) is 1.37. The summed E-state index contributed by atoms with van der Waals surface area (Å²) in [4.78, 5) is 12.3. The molecule has 0 bridgehead atoms. The van der Waals surface area contributed by atoms with Crippen molar-refractivity contribution >= 4 is 13.2 Å². The van der Waals surface area contributed by atoms with Crippen LogP contribution in [0.5, 0.6) is 0 Å². The summed E-state index contributed by atoms with van der Waals surface area (Å²) >= 11 is 0. The van der Waals surface area contributed by atoms with Crippen LogP contribution < -0.4 is 5.32 Å². The Hall–Kier alpha value is -1.05. The first kappa shape index (κ1) is 17.0. The first-order chi connectivity index (χ1) is 9.14. The third-order valence-electron chi connectivity index (χ3n) is 3.75. The Morgan fingerprint density at radius 3 is 2.35 bits per heavy atom. The number of rotatable bonds is 6. The highest BCUT2D eigenvalue weighted by Crippen LogP contribution is 2.36. The van der Waals surface area contributed by atoms with Crippen molar-refractivity contribution in [3.05, 3.63) is 12.1 Å². The summed E-state index contributed by atoms with van der Waals surface area (Å²) in [6.07, 6.45) is 0.981. The zero-order valence-electron chi connectivity index (χ0n) is 13.0. The van der Waals surface area contributed by atoms with Crippen LogP contribution in [0.4, 0.5) is 4.79 Å². The summed E-state index contributed by atoms with van der Waals surface area (Å²) in [5, 5.41) is 10.8. The molecule has 7 heteroatoms. The molecular formula is C13H25BN2O4. The molecule has 1 aliphatic heterocycles. The lowest BCUT2D eigenvalue weighted by molar-refractivity contribution is 0.00578. The fourth-order valence-electron chi connectivity index (χ4n) is 1.76. The topological polar surface area (TPSA) is 71.0 Å². The second-order valence-corrected chi connectivity index (χ2v) is 6.05. The van der Waals surface area contributed by atoms with E-state index >= 15 is 0 Å². The summed E-state index contributed by atoms with van der Waals surface area (Å²) in [6, 6.07) is 0. The monoisotopic (exact) mass is 284 g/mol. The fraction of sp³-hybridized carbons (Fsp3) is 0.769. The highest BCUT2D eigenvalue weighted by Gasteiger charge is 2.49. The largest absolute Gasteiger partial charge is 0.486 e. The van der Waals surface area contributed by atoms with E-state index in [1.165, 1.54) is 0 Å². The van der Waals surface area contributed by atoms with Crippen LogP contribution in [0.1, 0.15) is 27.7 Å². The van der Waals surface area contributed by atoms with Gasteiger partial charge in [0.05, 0.1) is 11.2 Å². The molecule has 1 saturated heterocycles. The molecule has 2 N–H and O–H groups in total. The molecule has 0 saturated carbocycles. The molecule has 1 aliphatic rings. The summed E-state index contributed by atoms with van der Waals surface area (Å²) in [5.74, 6) is 1.90. The molecule has 0 aliphatic carbocycles. The third-order valence-corrected chi connectivity index (χ3v) is 3.75. The maximum atomic E-state index is 10.3. The molecule has 1 rings (SSSR count). The number of likely N-dealkylation sites (N-methyl/N-ethyl adjacent to an activating group) is 1. The number of hydrogen-bond donors (Lipinski definition) is 2. The summed E-state index contributed by atoms with van der Waals surface area (Å²) < 4.78 is 11.7. The molecule has 20 heavy (non-hydrogen) atoms. The van der Waals surface area contributed by atoms with Gasteiger partial charge >= 0.3 is 13.2 Å². The van der Waals surface area contributed by atoms with E-state index in [4.69, 9.17) is 14.4 Å². The Balaban J connectivity index is 2.30. The predicted molar refractivity (Wildman–Crippen MR) is 78.7 cm³/mol. The highest BCUT2D eigenvalue weighted by atomic mass is 16.7. The number of hydrogen-bond acceptors (Lipinski definition) is 4. The van der Waals surface area contributed by atoms with E-state index in [1.807, 2.05) is 51.7 Å². The first-order valence-electron chi connectivity index (χ1n) is 6.82. The lowest BCUT2D eigenvalue weighted by Crippen LogP contribution is -2.41. The molecule has 1 heterocycles. The van der Waals surface area contributed by atoms with Crippen molar-refractivity contribution in [3.63, 3.8) is 0 Å². The molecule has 0 aromatic heterocycles. The Labute approximate surface area is 121 Å². The van der Waals surface area contributed by atoms with Crippen LogP contribution in [-0.2, 0) is 9.31 Å². The van der Waals surface area contributed by atoms with E-state index in [2.05, 4.69) is 5.32 Å². The summed E-state index contributed by atoms with van der Waals surface area (Å²) in [7, 11) is 1.60. The van der Waals surface area contributed by atoms with Crippen LogP contribution in [0.25, 0.3) is 0 Å². The van der Waals surface area contributed by atoms with E-state index in [1.54, 1.807) is 0 Å². The standard InChI is InChI=1S/C13H25BN2O4/c1-12(2)13(3,4)20-14(19-12)7-6-9-16(5)10-8-15-11(17)18/h6-7,15H,8-10H2,1-5H3,(H,17,18)/b7-6+. The van der Waals surface area contributed by atoms with E-state index in [0.29, 0.717) is 19.6 Å². The van der Waals surface area contributed by atoms with Gasteiger partial charge in [0, 0.05) is 19.6 Å². The van der Waals surface area contributed by atoms with Gasteiger partial charge in [-0.1, -0.05) is 12.1 Å². The smallest absolute Gasteiger partial charge is 0.465 e. The van der Waals surface area contributed by atoms with Gasteiger partial charge in [0.1, 0.15) is 0 Å². The van der Waals surface area contributed by atoms with Crippen LogP contribution in [0.15, 0.2) is 12.1 Å². The Bertz CT molecular complexity index is 355. The van der Waals surface area contributed by atoms with Gasteiger partial charge in [-0.2, -0.15) is 0 Å². The molecule has 6 nitrogen and oxygen atoms in total. The Morgan fingerprint density at radius 2 is 1.85 bits per heavy atom. The normalized spacial score (nSPS) is 20.8. The maximum Gasteiger partial charge on any atom is 0.486 e. The van der Waals surface area contributed by atoms with Crippen molar-refractivity contribution in [2.75, 3.05) is 26.7 Å². The highest BCUT2D eigenvalue weighted by molar-refractivity contribution is 6.51. The first-order valence-corrected chi connectivity index (χ1v) is 6.82. The average Bonchev–Trinajstić information content (AvgIpc) is 2.46. The molecular weight excluding hydrogens is 259 g/mol. The van der Waals surface area contributed by atoms with Gasteiger partial charge in [0.2, 0.25) is 0 Å². The number of nitrogens with one attached hydrogen (secondary N) is 1. The van der Waals surface area contributed by atoms with Gasteiger partial charge in [-0.25, -0.2) is 4.79 Å². The van der Waals surface area contributed by atoms with Gasteiger partial charge in [-0.15, -0.1) is 0 Å².